The maximum Gasteiger partial charge on any atom is 0.415 e. The summed E-state index contributed by atoms with van der Waals surface area (Å²) in [6, 6.07) is 5.19. The van der Waals surface area contributed by atoms with Crippen LogP contribution in [0.2, 0.25) is 4.34 Å². The minimum atomic E-state index is -0.336. The maximum atomic E-state index is 12.5. The van der Waals surface area contributed by atoms with E-state index in [-0.39, 0.29) is 18.0 Å². The standard InChI is InChI=1S/C20H24ClN3O3S/c1-12-13(2)22-9-6-16(12)27-20(26)24-10-7-15(8-11-24)14(3)23-19(25)17-4-5-18(21)28-17/h4-6,9,14-15H,7-8,10-11H2,1-3H3,(H,23,25)/t14-/m1/s1. The summed E-state index contributed by atoms with van der Waals surface area (Å²) in [4.78, 5) is 31.3. The molecular formula is C20H24ClN3O3S. The second kappa shape index (κ2) is 8.92. The van der Waals surface area contributed by atoms with Gasteiger partial charge in [0.25, 0.3) is 5.91 Å². The first-order valence-corrected chi connectivity index (χ1v) is 10.5. The van der Waals surface area contributed by atoms with Crippen molar-refractivity contribution in [1.82, 2.24) is 15.2 Å². The smallest absolute Gasteiger partial charge is 0.410 e. The van der Waals surface area contributed by atoms with Crippen LogP contribution in [0.25, 0.3) is 0 Å². The summed E-state index contributed by atoms with van der Waals surface area (Å²) in [7, 11) is 0. The summed E-state index contributed by atoms with van der Waals surface area (Å²) >= 11 is 7.17. The Kier molecular flexibility index (Phi) is 6.57. The van der Waals surface area contributed by atoms with E-state index in [0.29, 0.717) is 34.0 Å². The molecule has 6 nitrogen and oxygen atoms in total. The van der Waals surface area contributed by atoms with Gasteiger partial charge < -0.3 is 15.0 Å². The van der Waals surface area contributed by atoms with Crippen LogP contribution in [-0.2, 0) is 0 Å². The number of nitrogens with zero attached hydrogens (tertiary/aromatic N) is 2. The van der Waals surface area contributed by atoms with Gasteiger partial charge in [-0.2, -0.15) is 0 Å². The van der Waals surface area contributed by atoms with E-state index >= 15 is 0 Å². The lowest BCUT2D eigenvalue weighted by Crippen LogP contribution is -2.46. The first-order chi connectivity index (χ1) is 13.3. The van der Waals surface area contributed by atoms with Gasteiger partial charge in [-0.05, 0) is 57.7 Å². The molecule has 3 rings (SSSR count). The predicted molar refractivity (Wildman–Crippen MR) is 110 cm³/mol. The molecule has 3 heterocycles. The Morgan fingerprint density at radius 2 is 2.00 bits per heavy atom. The van der Waals surface area contributed by atoms with E-state index in [4.69, 9.17) is 16.3 Å². The average molecular weight is 422 g/mol. The first-order valence-electron chi connectivity index (χ1n) is 9.30. The zero-order chi connectivity index (χ0) is 20.3. The number of pyridine rings is 1. The quantitative estimate of drug-likeness (QED) is 0.791. The zero-order valence-corrected chi connectivity index (χ0v) is 17.8. The third kappa shape index (κ3) is 4.83. The molecule has 1 aliphatic heterocycles. The van der Waals surface area contributed by atoms with Crippen molar-refractivity contribution < 1.29 is 14.3 Å². The number of thiophene rings is 1. The third-order valence-electron chi connectivity index (χ3n) is 5.26. The molecule has 2 amide bonds. The van der Waals surface area contributed by atoms with Gasteiger partial charge in [0.15, 0.2) is 0 Å². The third-order valence-corrected chi connectivity index (χ3v) is 6.49. The molecule has 8 heteroatoms. The number of amides is 2. The Morgan fingerprint density at radius 1 is 1.29 bits per heavy atom. The highest BCUT2D eigenvalue weighted by Crippen LogP contribution is 2.25. The van der Waals surface area contributed by atoms with Crippen molar-refractivity contribution in [2.45, 2.75) is 39.7 Å². The van der Waals surface area contributed by atoms with Crippen LogP contribution in [0.3, 0.4) is 0 Å². The van der Waals surface area contributed by atoms with Crippen LogP contribution < -0.4 is 10.1 Å². The number of nitrogens with one attached hydrogen (secondary N) is 1. The van der Waals surface area contributed by atoms with Crippen molar-refractivity contribution in [2.24, 2.45) is 5.92 Å². The fourth-order valence-electron chi connectivity index (χ4n) is 3.30. The van der Waals surface area contributed by atoms with Gasteiger partial charge in [0.2, 0.25) is 0 Å². The molecule has 0 aliphatic carbocycles. The molecule has 2 aromatic rings. The lowest BCUT2D eigenvalue weighted by molar-refractivity contribution is 0.0899. The summed E-state index contributed by atoms with van der Waals surface area (Å²) in [5, 5.41) is 3.05. The second-order valence-electron chi connectivity index (χ2n) is 7.08. The summed E-state index contributed by atoms with van der Waals surface area (Å²) in [5.41, 5.74) is 1.72. The SMILES string of the molecule is Cc1nccc(OC(=O)N2CCC([C@@H](C)NC(=O)c3ccc(Cl)s3)CC2)c1C. The summed E-state index contributed by atoms with van der Waals surface area (Å²) in [6.45, 7) is 7.00. The van der Waals surface area contributed by atoms with E-state index < -0.39 is 0 Å². The number of hydrogen-bond acceptors (Lipinski definition) is 5. The molecule has 150 valence electrons. The van der Waals surface area contributed by atoms with E-state index in [1.165, 1.54) is 11.3 Å². The fourth-order valence-corrected chi connectivity index (χ4v) is 4.25. The van der Waals surface area contributed by atoms with Crippen molar-refractivity contribution in [3.05, 3.63) is 44.9 Å². The Bertz CT molecular complexity index is 862. The summed E-state index contributed by atoms with van der Waals surface area (Å²) in [5.74, 6) is 0.762. The van der Waals surface area contributed by atoms with Crippen LogP contribution in [0.5, 0.6) is 5.75 Å². The summed E-state index contributed by atoms with van der Waals surface area (Å²) in [6.07, 6.45) is 2.94. The highest BCUT2D eigenvalue weighted by atomic mass is 35.5. The Balaban J connectivity index is 1.50. The topological polar surface area (TPSA) is 71.5 Å². The Labute approximate surface area is 173 Å². The van der Waals surface area contributed by atoms with Gasteiger partial charge in [-0.15, -0.1) is 11.3 Å². The van der Waals surface area contributed by atoms with Crippen molar-refractivity contribution in [3.8, 4) is 5.75 Å². The van der Waals surface area contributed by atoms with Crippen LogP contribution in [0.15, 0.2) is 24.4 Å². The maximum absolute atomic E-state index is 12.5. The number of piperidine rings is 1. The van der Waals surface area contributed by atoms with Crippen LogP contribution in [-0.4, -0.2) is 41.0 Å². The monoisotopic (exact) mass is 421 g/mol. The molecule has 0 aromatic carbocycles. The number of rotatable bonds is 4. The van der Waals surface area contributed by atoms with Gasteiger partial charge in [-0.25, -0.2) is 4.79 Å². The minimum absolute atomic E-state index is 0.0247. The van der Waals surface area contributed by atoms with Gasteiger partial charge in [-0.3, -0.25) is 9.78 Å². The van der Waals surface area contributed by atoms with Crippen molar-refractivity contribution in [2.75, 3.05) is 13.1 Å². The number of likely N-dealkylation sites (tertiary alicyclic amines) is 1. The van der Waals surface area contributed by atoms with E-state index in [2.05, 4.69) is 10.3 Å². The van der Waals surface area contributed by atoms with Crippen LogP contribution in [0.1, 0.15) is 40.7 Å². The molecule has 1 fully saturated rings. The number of carbonyl (C=O) groups excluding carboxylic acids is 2. The predicted octanol–water partition coefficient (Wildman–Crippen LogP) is 4.44. The van der Waals surface area contributed by atoms with Crippen LogP contribution in [0, 0.1) is 19.8 Å². The first kappa shape index (κ1) is 20.6. The number of carbonyl (C=O) groups is 2. The highest BCUT2D eigenvalue weighted by Gasteiger charge is 2.28. The normalized spacial score (nSPS) is 15.9. The number of hydrogen-bond donors (Lipinski definition) is 1. The van der Waals surface area contributed by atoms with Gasteiger partial charge in [0.1, 0.15) is 5.75 Å². The Morgan fingerprint density at radius 3 is 2.64 bits per heavy atom. The van der Waals surface area contributed by atoms with Crippen molar-refractivity contribution >= 4 is 34.9 Å². The number of aromatic nitrogens is 1. The number of aryl methyl sites for hydroxylation is 1. The molecule has 1 N–H and O–H groups in total. The molecule has 0 saturated carbocycles. The Hall–Kier alpha value is -2.12. The summed E-state index contributed by atoms with van der Waals surface area (Å²) < 4.78 is 6.15. The lowest BCUT2D eigenvalue weighted by Gasteiger charge is -2.34. The van der Waals surface area contributed by atoms with E-state index in [0.717, 1.165) is 24.1 Å². The molecule has 28 heavy (non-hydrogen) atoms. The fraction of sp³-hybridized carbons (Fsp3) is 0.450. The number of ether oxygens (including phenoxy) is 1. The van der Waals surface area contributed by atoms with Gasteiger partial charge in [0.05, 0.1) is 9.21 Å². The number of halogens is 1. The second-order valence-corrected chi connectivity index (χ2v) is 8.79. The largest absolute Gasteiger partial charge is 0.415 e. The van der Waals surface area contributed by atoms with Gasteiger partial charge in [0, 0.05) is 36.6 Å². The molecule has 1 atom stereocenters. The van der Waals surface area contributed by atoms with E-state index in [9.17, 15) is 9.59 Å². The van der Waals surface area contributed by atoms with Gasteiger partial charge >= 0.3 is 6.09 Å². The molecule has 1 aliphatic rings. The van der Waals surface area contributed by atoms with E-state index in [1.54, 1.807) is 29.3 Å². The molecule has 0 spiro atoms. The lowest BCUT2D eigenvalue weighted by atomic mass is 9.90. The van der Waals surface area contributed by atoms with Crippen LogP contribution >= 0.6 is 22.9 Å². The van der Waals surface area contributed by atoms with E-state index in [1.807, 2.05) is 20.8 Å². The van der Waals surface area contributed by atoms with Crippen molar-refractivity contribution in [3.63, 3.8) is 0 Å². The van der Waals surface area contributed by atoms with Crippen LogP contribution in [0.4, 0.5) is 4.79 Å². The van der Waals surface area contributed by atoms with Crippen molar-refractivity contribution in [1.29, 1.82) is 0 Å². The minimum Gasteiger partial charge on any atom is -0.410 e. The molecule has 0 unspecified atom stereocenters. The van der Waals surface area contributed by atoms with Gasteiger partial charge in [-0.1, -0.05) is 11.6 Å². The molecular weight excluding hydrogens is 398 g/mol. The average Bonchev–Trinajstić information content (AvgIpc) is 3.12. The highest BCUT2D eigenvalue weighted by molar-refractivity contribution is 7.18. The molecule has 1 saturated heterocycles. The zero-order valence-electron chi connectivity index (χ0n) is 16.2. The molecule has 0 bridgehead atoms. The molecule has 2 aromatic heterocycles. The molecule has 0 radical (unpaired) electrons.